The number of benzene rings is 1. The van der Waals surface area contributed by atoms with Gasteiger partial charge in [0.05, 0.1) is 12.0 Å². The standard InChI is InChI=1S/C13H15FN2/c1-9-5-6-11(14)7-13(9)16-12-4-2-3-10(12)8-15/h5-7,10,12,16H,2-4H2,1H3. The van der Waals surface area contributed by atoms with Crippen LogP contribution in [0.15, 0.2) is 18.2 Å². The summed E-state index contributed by atoms with van der Waals surface area (Å²) in [6, 6.07) is 7.20. The second-order valence-corrected chi connectivity index (χ2v) is 4.38. The van der Waals surface area contributed by atoms with Crippen LogP contribution in [0.4, 0.5) is 10.1 Å². The number of hydrogen-bond acceptors (Lipinski definition) is 2. The Morgan fingerprint density at radius 3 is 3.00 bits per heavy atom. The van der Waals surface area contributed by atoms with Gasteiger partial charge in [0, 0.05) is 11.7 Å². The first kappa shape index (κ1) is 10.9. The zero-order chi connectivity index (χ0) is 11.5. The van der Waals surface area contributed by atoms with Gasteiger partial charge in [-0.25, -0.2) is 4.39 Å². The van der Waals surface area contributed by atoms with Gasteiger partial charge in [-0.2, -0.15) is 5.26 Å². The molecular formula is C13H15FN2. The van der Waals surface area contributed by atoms with Crippen molar-refractivity contribution in [1.82, 2.24) is 0 Å². The second-order valence-electron chi connectivity index (χ2n) is 4.38. The molecule has 2 rings (SSSR count). The summed E-state index contributed by atoms with van der Waals surface area (Å²) in [5.74, 6) is -0.178. The van der Waals surface area contributed by atoms with Crippen LogP contribution in [0.25, 0.3) is 0 Å². The van der Waals surface area contributed by atoms with E-state index in [9.17, 15) is 4.39 Å². The molecule has 2 nitrogen and oxygen atoms in total. The van der Waals surface area contributed by atoms with Gasteiger partial charge in [-0.1, -0.05) is 6.07 Å². The number of rotatable bonds is 2. The second kappa shape index (κ2) is 4.52. The summed E-state index contributed by atoms with van der Waals surface area (Å²) in [7, 11) is 0. The third-order valence-electron chi connectivity index (χ3n) is 3.22. The lowest BCUT2D eigenvalue weighted by molar-refractivity contribution is 0.618. The van der Waals surface area contributed by atoms with E-state index in [0.717, 1.165) is 30.5 Å². The number of anilines is 1. The van der Waals surface area contributed by atoms with Crippen LogP contribution in [0.5, 0.6) is 0 Å². The van der Waals surface area contributed by atoms with Gasteiger partial charge in [-0.05, 0) is 43.9 Å². The maximum atomic E-state index is 13.1. The Bertz CT molecular complexity index is 422. The Morgan fingerprint density at radius 1 is 1.44 bits per heavy atom. The molecule has 0 aromatic heterocycles. The third kappa shape index (κ3) is 2.16. The zero-order valence-corrected chi connectivity index (χ0v) is 9.33. The summed E-state index contributed by atoms with van der Waals surface area (Å²) in [5, 5.41) is 12.3. The quantitative estimate of drug-likeness (QED) is 0.827. The van der Waals surface area contributed by atoms with Crippen LogP contribution in [-0.4, -0.2) is 6.04 Å². The molecule has 1 saturated carbocycles. The molecule has 1 fully saturated rings. The minimum absolute atomic E-state index is 0.0580. The molecule has 0 spiro atoms. The molecule has 1 aromatic rings. The first-order chi connectivity index (χ1) is 7.70. The molecule has 0 saturated heterocycles. The minimum atomic E-state index is -0.236. The number of halogens is 1. The van der Waals surface area contributed by atoms with Crippen LogP contribution in [0, 0.1) is 30.0 Å². The average molecular weight is 218 g/mol. The van der Waals surface area contributed by atoms with Crippen molar-refractivity contribution in [1.29, 1.82) is 5.26 Å². The summed E-state index contributed by atoms with van der Waals surface area (Å²) >= 11 is 0. The van der Waals surface area contributed by atoms with E-state index >= 15 is 0 Å². The lowest BCUT2D eigenvalue weighted by Gasteiger charge is -2.18. The molecule has 2 atom stereocenters. The smallest absolute Gasteiger partial charge is 0.125 e. The van der Waals surface area contributed by atoms with E-state index < -0.39 is 0 Å². The molecule has 0 radical (unpaired) electrons. The SMILES string of the molecule is Cc1ccc(F)cc1NC1CCCC1C#N. The zero-order valence-electron chi connectivity index (χ0n) is 9.33. The summed E-state index contributed by atoms with van der Waals surface area (Å²) in [4.78, 5) is 0. The fraction of sp³-hybridized carbons (Fsp3) is 0.462. The van der Waals surface area contributed by atoms with Gasteiger partial charge in [-0.15, -0.1) is 0 Å². The van der Waals surface area contributed by atoms with Crippen molar-refractivity contribution < 1.29 is 4.39 Å². The molecule has 0 bridgehead atoms. The molecular weight excluding hydrogens is 203 g/mol. The molecule has 2 unspecified atom stereocenters. The fourth-order valence-electron chi connectivity index (χ4n) is 2.24. The van der Waals surface area contributed by atoms with Gasteiger partial charge >= 0.3 is 0 Å². The molecule has 1 aliphatic carbocycles. The van der Waals surface area contributed by atoms with E-state index in [1.54, 1.807) is 6.07 Å². The van der Waals surface area contributed by atoms with Gasteiger partial charge in [0.2, 0.25) is 0 Å². The maximum absolute atomic E-state index is 13.1. The highest BCUT2D eigenvalue weighted by Crippen LogP contribution is 2.29. The van der Waals surface area contributed by atoms with Crippen LogP contribution >= 0.6 is 0 Å². The van der Waals surface area contributed by atoms with E-state index in [4.69, 9.17) is 5.26 Å². The highest BCUT2D eigenvalue weighted by molar-refractivity contribution is 5.51. The van der Waals surface area contributed by atoms with Gasteiger partial charge < -0.3 is 5.32 Å². The Balaban J connectivity index is 2.14. The Hall–Kier alpha value is -1.56. The highest BCUT2D eigenvalue weighted by Gasteiger charge is 2.27. The fourth-order valence-corrected chi connectivity index (χ4v) is 2.24. The van der Waals surface area contributed by atoms with Crippen molar-refractivity contribution in [3.05, 3.63) is 29.6 Å². The Labute approximate surface area is 95.1 Å². The van der Waals surface area contributed by atoms with Crippen molar-refractivity contribution in [3.8, 4) is 6.07 Å². The Morgan fingerprint density at radius 2 is 2.25 bits per heavy atom. The van der Waals surface area contributed by atoms with E-state index in [0.29, 0.717) is 0 Å². The molecule has 3 heteroatoms. The predicted octanol–water partition coefficient (Wildman–Crippen LogP) is 3.24. The first-order valence-electron chi connectivity index (χ1n) is 5.63. The molecule has 84 valence electrons. The van der Waals surface area contributed by atoms with Crippen molar-refractivity contribution in [2.24, 2.45) is 5.92 Å². The number of hydrogen-bond donors (Lipinski definition) is 1. The lowest BCUT2D eigenvalue weighted by atomic mass is 10.0. The largest absolute Gasteiger partial charge is 0.381 e. The monoisotopic (exact) mass is 218 g/mol. The first-order valence-corrected chi connectivity index (χ1v) is 5.63. The van der Waals surface area contributed by atoms with E-state index in [-0.39, 0.29) is 17.8 Å². The highest BCUT2D eigenvalue weighted by atomic mass is 19.1. The van der Waals surface area contributed by atoms with Crippen LogP contribution < -0.4 is 5.32 Å². The van der Waals surface area contributed by atoms with Gasteiger partial charge in [-0.3, -0.25) is 0 Å². The summed E-state index contributed by atoms with van der Waals surface area (Å²) < 4.78 is 13.1. The van der Waals surface area contributed by atoms with E-state index in [1.807, 2.05) is 6.92 Å². The van der Waals surface area contributed by atoms with Gasteiger partial charge in [0.15, 0.2) is 0 Å². The number of aryl methyl sites for hydroxylation is 1. The molecule has 16 heavy (non-hydrogen) atoms. The van der Waals surface area contributed by atoms with Crippen LogP contribution in [0.3, 0.4) is 0 Å². The summed E-state index contributed by atoms with van der Waals surface area (Å²) in [5.41, 5.74) is 1.83. The third-order valence-corrected chi connectivity index (χ3v) is 3.22. The van der Waals surface area contributed by atoms with Crippen LogP contribution in [0.1, 0.15) is 24.8 Å². The van der Waals surface area contributed by atoms with Gasteiger partial charge in [0.25, 0.3) is 0 Å². The normalized spacial score (nSPS) is 24.1. The molecule has 0 aliphatic heterocycles. The minimum Gasteiger partial charge on any atom is -0.381 e. The molecule has 0 heterocycles. The van der Waals surface area contributed by atoms with Crippen LogP contribution in [0.2, 0.25) is 0 Å². The van der Waals surface area contributed by atoms with E-state index in [1.165, 1.54) is 12.1 Å². The molecule has 1 N–H and O–H groups in total. The predicted molar refractivity (Wildman–Crippen MR) is 61.5 cm³/mol. The number of nitrogens with zero attached hydrogens (tertiary/aromatic N) is 1. The number of nitriles is 1. The van der Waals surface area contributed by atoms with Crippen molar-refractivity contribution in [2.45, 2.75) is 32.2 Å². The average Bonchev–Trinajstić information content (AvgIpc) is 2.71. The molecule has 1 aromatic carbocycles. The van der Waals surface area contributed by atoms with Crippen LogP contribution in [-0.2, 0) is 0 Å². The van der Waals surface area contributed by atoms with Gasteiger partial charge in [0.1, 0.15) is 5.82 Å². The van der Waals surface area contributed by atoms with Crippen molar-refractivity contribution in [2.75, 3.05) is 5.32 Å². The van der Waals surface area contributed by atoms with E-state index in [2.05, 4.69) is 11.4 Å². The molecule has 0 amide bonds. The topological polar surface area (TPSA) is 35.8 Å². The number of nitrogens with one attached hydrogen (secondary N) is 1. The Kier molecular flexibility index (Phi) is 3.09. The van der Waals surface area contributed by atoms with Crippen molar-refractivity contribution >= 4 is 5.69 Å². The summed E-state index contributed by atoms with van der Waals surface area (Å²) in [6.07, 6.45) is 3.01. The van der Waals surface area contributed by atoms with Crippen molar-refractivity contribution in [3.63, 3.8) is 0 Å². The summed E-state index contributed by atoms with van der Waals surface area (Å²) in [6.45, 7) is 1.94. The maximum Gasteiger partial charge on any atom is 0.125 e. The lowest BCUT2D eigenvalue weighted by Crippen LogP contribution is -2.23. The molecule has 1 aliphatic rings.